The smallest absolute Gasteiger partial charge is 0.0897 e. The average molecular weight is 225 g/mol. The quantitative estimate of drug-likeness (QED) is 0.850. The maximum Gasteiger partial charge on any atom is 0.0897 e. The fourth-order valence-electron chi connectivity index (χ4n) is 2.29. The Hall–Kier alpha value is -0.450. The van der Waals surface area contributed by atoms with Crippen molar-refractivity contribution >= 4 is 11.3 Å². The SMILES string of the molecule is Cc1ncc(CN2CC(CN)CC2C)s1. The summed E-state index contributed by atoms with van der Waals surface area (Å²) in [7, 11) is 0. The molecule has 0 saturated carbocycles. The van der Waals surface area contributed by atoms with Gasteiger partial charge >= 0.3 is 0 Å². The molecule has 2 unspecified atom stereocenters. The van der Waals surface area contributed by atoms with E-state index in [2.05, 4.69) is 23.7 Å². The van der Waals surface area contributed by atoms with Crippen LogP contribution < -0.4 is 5.73 Å². The Bertz CT molecular complexity index is 323. The van der Waals surface area contributed by atoms with Gasteiger partial charge in [0, 0.05) is 30.2 Å². The number of aryl methyl sites for hydroxylation is 1. The van der Waals surface area contributed by atoms with Crippen molar-refractivity contribution in [3.8, 4) is 0 Å². The molecule has 0 aliphatic carbocycles. The molecule has 84 valence electrons. The van der Waals surface area contributed by atoms with Crippen molar-refractivity contribution in [1.82, 2.24) is 9.88 Å². The molecule has 4 heteroatoms. The molecule has 1 saturated heterocycles. The summed E-state index contributed by atoms with van der Waals surface area (Å²) < 4.78 is 0. The Morgan fingerprint density at radius 2 is 2.47 bits per heavy atom. The normalized spacial score (nSPS) is 27.4. The van der Waals surface area contributed by atoms with E-state index >= 15 is 0 Å². The predicted octanol–water partition coefficient (Wildman–Crippen LogP) is 1.62. The maximum atomic E-state index is 5.72. The second-order valence-electron chi connectivity index (χ2n) is 4.46. The zero-order valence-corrected chi connectivity index (χ0v) is 10.3. The molecule has 2 N–H and O–H groups in total. The number of likely N-dealkylation sites (tertiary alicyclic amines) is 1. The molecular weight excluding hydrogens is 206 g/mol. The second-order valence-corrected chi connectivity index (χ2v) is 5.78. The Kier molecular flexibility index (Phi) is 3.38. The van der Waals surface area contributed by atoms with Crippen LogP contribution >= 0.6 is 11.3 Å². The van der Waals surface area contributed by atoms with E-state index in [-0.39, 0.29) is 0 Å². The van der Waals surface area contributed by atoms with E-state index in [1.165, 1.54) is 11.3 Å². The molecule has 1 aromatic heterocycles. The highest BCUT2D eigenvalue weighted by Gasteiger charge is 2.28. The first kappa shape index (κ1) is 11.0. The number of hydrogen-bond donors (Lipinski definition) is 1. The zero-order valence-electron chi connectivity index (χ0n) is 9.44. The largest absolute Gasteiger partial charge is 0.330 e. The van der Waals surface area contributed by atoms with Crippen molar-refractivity contribution in [3.05, 3.63) is 16.1 Å². The van der Waals surface area contributed by atoms with Gasteiger partial charge in [-0.25, -0.2) is 4.98 Å². The topological polar surface area (TPSA) is 42.2 Å². The first-order chi connectivity index (χ1) is 7.19. The van der Waals surface area contributed by atoms with Gasteiger partial charge in [0.1, 0.15) is 0 Å². The lowest BCUT2D eigenvalue weighted by Gasteiger charge is -2.19. The third-order valence-electron chi connectivity index (χ3n) is 3.15. The van der Waals surface area contributed by atoms with E-state index in [1.807, 2.05) is 6.20 Å². The molecule has 1 aliphatic heterocycles. The highest BCUT2D eigenvalue weighted by Crippen LogP contribution is 2.25. The first-order valence-electron chi connectivity index (χ1n) is 5.54. The van der Waals surface area contributed by atoms with Crippen LogP contribution in [0.5, 0.6) is 0 Å². The molecule has 1 aromatic rings. The highest BCUT2D eigenvalue weighted by atomic mass is 32.1. The maximum absolute atomic E-state index is 5.72. The number of hydrogen-bond acceptors (Lipinski definition) is 4. The van der Waals surface area contributed by atoms with Crippen LogP contribution in [0, 0.1) is 12.8 Å². The van der Waals surface area contributed by atoms with Gasteiger partial charge in [-0.3, -0.25) is 4.90 Å². The molecule has 1 aliphatic rings. The molecule has 2 rings (SSSR count). The fourth-order valence-corrected chi connectivity index (χ4v) is 3.11. The summed E-state index contributed by atoms with van der Waals surface area (Å²) >= 11 is 1.80. The van der Waals surface area contributed by atoms with Crippen molar-refractivity contribution in [1.29, 1.82) is 0 Å². The van der Waals surface area contributed by atoms with Crippen LogP contribution in [0.4, 0.5) is 0 Å². The third-order valence-corrected chi connectivity index (χ3v) is 4.05. The van der Waals surface area contributed by atoms with Crippen molar-refractivity contribution in [2.75, 3.05) is 13.1 Å². The van der Waals surface area contributed by atoms with E-state index in [4.69, 9.17) is 5.73 Å². The van der Waals surface area contributed by atoms with Crippen LogP contribution in [0.3, 0.4) is 0 Å². The van der Waals surface area contributed by atoms with E-state index in [0.717, 1.165) is 24.6 Å². The fraction of sp³-hybridized carbons (Fsp3) is 0.727. The number of nitrogens with zero attached hydrogens (tertiary/aromatic N) is 2. The monoisotopic (exact) mass is 225 g/mol. The van der Waals surface area contributed by atoms with E-state index < -0.39 is 0 Å². The highest BCUT2D eigenvalue weighted by molar-refractivity contribution is 7.11. The van der Waals surface area contributed by atoms with Gasteiger partial charge in [-0.2, -0.15) is 0 Å². The third kappa shape index (κ3) is 2.56. The number of aromatic nitrogens is 1. The second kappa shape index (κ2) is 4.60. The minimum absolute atomic E-state index is 0.668. The summed E-state index contributed by atoms with van der Waals surface area (Å²) in [6.07, 6.45) is 3.25. The molecule has 1 fully saturated rings. The van der Waals surface area contributed by atoms with Crippen LogP contribution in [0.25, 0.3) is 0 Å². The summed E-state index contributed by atoms with van der Waals surface area (Å²) in [5.74, 6) is 0.689. The molecular formula is C11H19N3S. The number of rotatable bonds is 3. The van der Waals surface area contributed by atoms with Crippen LogP contribution in [0.15, 0.2) is 6.20 Å². The van der Waals surface area contributed by atoms with Gasteiger partial charge in [-0.15, -0.1) is 11.3 Å². The van der Waals surface area contributed by atoms with Crippen molar-refractivity contribution < 1.29 is 0 Å². The Morgan fingerprint density at radius 1 is 1.67 bits per heavy atom. The van der Waals surface area contributed by atoms with Gasteiger partial charge in [0.15, 0.2) is 0 Å². The van der Waals surface area contributed by atoms with E-state index in [9.17, 15) is 0 Å². The van der Waals surface area contributed by atoms with Crippen LogP contribution in [0.2, 0.25) is 0 Å². The average Bonchev–Trinajstić information content (AvgIpc) is 2.75. The zero-order chi connectivity index (χ0) is 10.8. The van der Waals surface area contributed by atoms with Gasteiger partial charge in [0.25, 0.3) is 0 Å². The van der Waals surface area contributed by atoms with E-state index in [0.29, 0.717) is 12.0 Å². The van der Waals surface area contributed by atoms with Gasteiger partial charge in [0.05, 0.1) is 5.01 Å². The van der Waals surface area contributed by atoms with Crippen LogP contribution in [0.1, 0.15) is 23.2 Å². The molecule has 0 radical (unpaired) electrons. The first-order valence-corrected chi connectivity index (χ1v) is 6.36. The van der Waals surface area contributed by atoms with Crippen molar-refractivity contribution in [2.24, 2.45) is 11.7 Å². The standard InChI is InChI=1S/C11H19N3S/c1-8-3-10(4-12)6-14(8)7-11-5-13-9(2)15-11/h5,8,10H,3-4,6-7,12H2,1-2H3. The minimum Gasteiger partial charge on any atom is -0.330 e. The summed E-state index contributed by atoms with van der Waals surface area (Å²) in [6.45, 7) is 7.37. The summed E-state index contributed by atoms with van der Waals surface area (Å²) in [5.41, 5.74) is 5.72. The molecule has 15 heavy (non-hydrogen) atoms. The molecule has 0 amide bonds. The van der Waals surface area contributed by atoms with E-state index in [1.54, 1.807) is 11.3 Å². The summed E-state index contributed by atoms with van der Waals surface area (Å²) in [5, 5.41) is 1.16. The Labute approximate surface area is 95.3 Å². The van der Waals surface area contributed by atoms with Gasteiger partial charge < -0.3 is 5.73 Å². The molecule has 0 spiro atoms. The van der Waals surface area contributed by atoms with Gasteiger partial charge in [-0.1, -0.05) is 0 Å². The molecule has 2 atom stereocenters. The van der Waals surface area contributed by atoms with Crippen molar-refractivity contribution in [3.63, 3.8) is 0 Å². The number of thiazole rings is 1. The lowest BCUT2D eigenvalue weighted by atomic mass is 10.1. The summed E-state index contributed by atoms with van der Waals surface area (Å²) in [6, 6.07) is 0.668. The lowest BCUT2D eigenvalue weighted by Crippen LogP contribution is -2.26. The molecule has 3 nitrogen and oxygen atoms in total. The molecule has 2 heterocycles. The van der Waals surface area contributed by atoms with Crippen LogP contribution in [-0.2, 0) is 6.54 Å². The molecule has 0 bridgehead atoms. The number of nitrogens with two attached hydrogens (primary N) is 1. The van der Waals surface area contributed by atoms with Crippen molar-refractivity contribution in [2.45, 2.75) is 32.9 Å². The predicted molar refractivity (Wildman–Crippen MR) is 63.9 cm³/mol. The van der Waals surface area contributed by atoms with Gasteiger partial charge in [-0.05, 0) is 32.7 Å². The Balaban J connectivity index is 1.95. The lowest BCUT2D eigenvalue weighted by molar-refractivity contribution is 0.258. The Morgan fingerprint density at radius 3 is 3.00 bits per heavy atom. The minimum atomic E-state index is 0.668. The van der Waals surface area contributed by atoms with Gasteiger partial charge in [0.2, 0.25) is 0 Å². The van der Waals surface area contributed by atoms with Crippen LogP contribution in [-0.4, -0.2) is 29.0 Å². The molecule has 0 aromatic carbocycles. The summed E-state index contributed by atoms with van der Waals surface area (Å²) in [4.78, 5) is 8.18.